The molecule has 0 unspecified atom stereocenters. The van der Waals surface area contributed by atoms with Gasteiger partial charge in [0.05, 0.1) is 14.2 Å². The van der Waals surface area contributed by atoms with Crippen molar-refractivity contribution < 1.29 is 9.47 Å². The minimum atomic E-state index is 0. The molecule has 1 aliphatic carbocycles. The summed E-state index contributed by atoms with van der Waals surface area (Å²) in [4.78, 5) is 0. The zero-order valence-corrected chi connectivity index (χ0v) is 10.7. The van der Waals surface area contributed by atoms with Gasteiger partial charge in [0.2, 0.25) is 0 Å². The minimum absolute atomic E-state index is 0. The van der Waals surface area contributed by atoms with Crippen LogP contribution in [0.2, 0.25) is 0 Å². The molecule has 0 amide bonds. The lowest BCUT2D eigenvalue weighted by atomic mass is 10.1. The summed E-state index contributed by atoms with van der Waals surface area (Å²) in [6.07, 6.45) is 2.15. The molecule has 1 N–H and O–H groups in total. The average Bonchev–Trinajstić information content (AvgIpc) is 2.68. The van der Waals surface area contributed by atoms with Gasteiger partial charge < -0.3 is 14.8 Å². The van der Waals surface area contributed by atoms with E-state index in [9.17, 15) is 0 Å². The molecule has 1 aromatic rings. The van der Waals surface area contributed by atoms with Gasteiger partial charge in [-0.2, -0.15) is 0 Å². The number of likely N-dealkylation sites (N-methyl/N-ethyl adjacent to an activating group) is 1. The Morgan fingerprint density at radius 3 is 1.81 bits per heavy atom. The van der Waals surface area contributed by atoms with Crippen molar-refractivity contribution in [2.75, 3.05) is 21.3 Å². The fourth-order valence-electron chi connectivity index (χ4n) is 2.15. The van der Waals surface area contributed by atoms with Gasteiger partial charge in [0.25, 0.3) is 0 Å². The summed E-state index contributed by atoms with van der Waals surface area (Å²) >= 11 is 0. The van der Waals surface area contributed by atoms with Crippen LogP contribution in [-0.2, 0) is 12.8 Å². The van der Waals surface area contributed by atoms with E-state index >= 15 is 0 Å². The molecule has 0 atom stereocenters. The molecule has 0 saturated heterocycles. The van der Waals surface area contributed by atoms with Crippen molar-refractivity contribution in [3.05, 3.63) is 23.3 Å². The maximum atomic E-state index is 5.28. The molecule has 0 aromatic heterocycles. The predicted octanol–water partition coefficient (Wildman–Crippen LogP) is 1.81. The summed E-state index contributed by atoms with van der Waals surface area (Å²) in [5, 5.41) is 3.30. The first-order valence-electron chi connectivity index (χ1n) is 5.19. The SMILES string of the molecule is CNC1Cc2cc(OC)c(OC)cc2C1.Cl. The number of ether oxygens (including phenoxy) is 2. The number of benzene rings is 1. The van der Waals surface area contributed by atoms with Crippen LogP contribution in [0.25, 0.3) is 0 Å². The monoisotopic (exact) mass is 243 g/mol. The van der Waals surface area contributed by atoms with Crippen molar-refractivity contribution in [3.8, 4) is 11.5 Å². The average molecular weight is 244 g/mol. The molecule has 1 aliphatic rings. The lowest BCUT2D eigenvalue weighted by molar-refractivity contribution is 0.354. The Kier molecular flexibility index (Phi) is 4.44. The van der Waals surface area contributed by atoms with Crippen molar-refractivity contribution in [2.45, 2.75) is 18.9 Å². The number of rotatable bonds is 3. The fourth-order valence-corrected chi connectivity index (χ4v) is 2.15. The Morgan fingerprint density at radius 1 is 1.06 bits per heavy atom. The molecule has 16 heavy (non-hydrogen) atoms. The molecule has 0 spiro atoms. The van der Waals surface area contributed by atoms with Gasteiger partial charge in [0, 0.05) is 6.04 Å². The highest BCUT2D eigenvalue weighted by Gasteiger charge is 2.22. The van der Waals surface area contributed by atoms with E-state index < -0.39 is 0 Å². The third-order valence-corrected chi connectivity index (χ3v) is 3.05. The smallest absolute Gasteiger partial charge is 0.161 e. The minimum Gasteiger partial charge on any atom is -0.493 e. The van der Waals surface area contributed by atoms with Crippen molar-refractivity contribution in [3.63, 3.8) is 0 Å². The van der Waals surface area contributed by atoms with E-state index in [-0.39, 0.29) is 12.4 Å². The number of hydrogen-bond acceptors (Lipinski definition) is 3. The number of hydrogen-bond donors (Lipinski definition) is 1. The quantitative estimate of drug-likeness (QED) is 0.879. The van der Waals surface area contributed by atoms with E-state index in [1.165, 1.54) is 11.1 Å². The summed E-state index contributed by atoms with van der Waals surface area (Å²) in [6, 6.07) is 4.73. The van der Waals surface area contributed by atoms with Crippen LogP contribution in [0.3, 0.4) is 0 Å². The van der Waals surface area contributed by atoms with Crippen molar-refractivity contribution in [2.24, 2.45) is 0 Å². The van der Waals surface area contributed by atoms with Gasteiger partial charge in [0.15, 0.2) is 11.5 Å². The predicted molar refractivity (Wildman–Crippen MR) is 67.0 cm³/mol. The molecular weight excluding hydrogens is 226 g/mol. The Balaban J connectivity index is 0.00000128. The summed E-state index contributed by atoms with van der Waals surface area (Å²) in [5.74, 6) is 1.65. The fraction of sp³-hybridized carbons (Fsp3) is 0.500. The summed E-state index contributed by atoms with van der Waals surface area (Å²) in [7, 11) is 5.36. The first kappa shape index (κ1) is 13.1. The zero-order valence-electron chi connectivity index (χ0n) is 9.87. The second kappa shape index (κ2) is 5.41. The summed E-state index contributed by atoms with van der Waals surface area (Å²) in [6.45, 7) is 0. The maximum absolute atomic E-state index is 5.28. The second-order valence-electron chi connectivity index (χ2n) is 3.87. The normalized spacial score (nSPS) is 14.2. The van der Waals surface area contributed by atoms with E-state index in [2.05, 4.69) is 17.4 Å². The second-order valence-corrected chi connectivity index (χ2v) is 3.87. The molecule has 2 rings (SSSR count). The highest BCUT2D eigenvalue weighted by molar-refractivity contribution is 5.85. The molecule has 1 aromatic carbocycles. The van der Waals surface area contributed by atoms with E-state index in [4.69, 9.17) is 9.47 Å². The van der Waals surface area contributed by atoms with Gasteiger partial charge in [-0.15, -0.1) is 12.4 Å². The van der Waals surface area contributed by atoms with Gasteiger partial charge >= 0.3 is 0 Å². The molecular formula is C12H18ClNO2. The summed E-state index contributed by atoms with van der Waals surface area (Å²) in [5.41, 5.74) is 2.74. The van der Waals surface area contributed by atoms with Gasteiger partial charge in [-0.05, 0) is 43.1 Å². The van der Waals surface area contributed by atoms with Crippen LogP contribution in [0.15, 0.2) is 12.1 Å². The van der Waals surface area contributed by atoms with Gasteiger partial charge in [0.1, 0.15) is 0 Å². The maximum Gasteiger partial charge on any atom is 0.161 e. The lowest BCUT2D eigenvalue weighted by Crippen LogP contribution is -2.24. The van der Waals surface area contributed by atoms with E-state index in [1.807, 2.05) is 7.05 Å². The van der Waals surface area contributed by atoms with E-state index in [1.54, 1.807) is 14.2 Å². The molecule has 0 bridgehead atoms. The number of nitrogens with one attached hydrogen (secondary N) is 1. The highest BCUT2D eigenvalue weighted by atomic mass is 35.5. The lowest BCUT2D eigenvalue weighted by Gasteiger charge is -2.09. The van der Waals surface area contributed by atoms with Crippen molar-refractivity contribution in [1.29, 1.82) is 0 Å². The van der Waals surface area contributed by atoms with Crippen LogP contribution in [0, 0.1) is 0 Å². The topological polar surface area (TPSA) is 30.5 Å². The molecule has 3 nitrogen and oxygen atoms in total. The zero-order chi connectivity index (χ0) is 10.8. The van der Waals surface area contributed by atoms with Gasteiger partial charge in [-0.25, -0.2) is 0 Å². The van der Waals surface area contributed by atoms with Crippen LogP contribution >= 0.6 is 12.4 Å². The van der Waals surface area contributed by atoms with Crippen LogP contribution in [-0.4, -0.2) is 27.3 Å². The highest BCUT2D eigenvalue weighted by Crippen LogP contribution is 2.34. The molecule has 0 aliphatic heterocycles. The third kappa shape index (κ3) is 2.25. The van der Waals surface area contributed by atoms with Gasteiger partial charge in [-0.1, -0.05) is 0 Å². The number of methoxy groups -OCH3 is 2. The first-order valence-corrected chi connectivity index (χ1v) is 5.19. The largest absolute Gasteiger partial charge is 0.493 e. The molecule has 0 radical (unpaired) electrons. The first-order chi connectivity index (χ1) is 7.28. The number of fused-ring (bicyclic) bond motifs is 1. The van der Waals surface area contributed by atoms with Gasteiger partial charge in [-0.3, -0.25) is 0 Å². The van der Waals surface area contributed by atoms with Crippen molar-refractivity contribution >= 4 is 12.4 Å². The number of halogens is 1. The van der Waals surface area contributed by atoms with Crippen LogP contribution < -0.4 is 14.8 Å². The van der Waals surface area contributed by atoms with E-state index in [0.717, 1.165) is 24.3 Å². The summed E-state index contributed by atoms with van der Waals surface area (Å²) < 4.78 is 10.6. The standard InChI is InChI=1S/C12H17NO2.ClH/c1-13-10-4-8-6-11(14-2)12(15-3)7-9(8)5-10;/h6-7,10,13H,4-5H2,1-3H3;1H. The molecule has 0 saturated carbocycles. The van der Waals surface area contributed by atoms with Crippen LogP contribution in [0.4, 0.5) is 0 Å². The Hall–Kier alpha value is -0.930. The van der Waals surface area contributed by atoms with Crippen molar-refractivity contribution in [1.82, 2.24) is 5.32 Å². The molecule has 4 heteroatoms. The molecule has 90 valence electrons. The Bertz CT molecular complexity index is 335. The molecule has 0 heterocycles. The molecule has 0 fully saturated rings. The third-order valence-electron chi connectivity index (χ3n) is 3.05. The Labute approximate surface area is 103 Å². The van der Waals surface area contributed by atoms with Crippen LogP contribution in [0.1, 0.15) is 11.1 Å². The Morgan fingerprint density at radius 2 is 1.50 bits per heavy atom. The van der Waals surface area contributed by atoms with Crippen LogP contribution in [0.5, 0.6) is 11.5 Å². The van der Waals surface area contributed by atoms with E-state index in [0.29, 0.717) is 6.04 Å².